The van der Waals surface area contributed by atoms with Gasteiger partial charge in [0.15, 0.2) is 5.96 Å². The van der Waals surface area contributed by atoms with E-state index in [1.807, 2.05) is 18.2 Å². The SMILES string of the molecule is CN=C(NCc1ccccn1)NCC1CN(C)CCO1. The lowest BCUT2D eigenvalue weighted by atomic mass is 10.3. The van der Waals surface area contributed by atoms with Crippen LogP contribution < -0.4 is 10.6 Å². The molecule has 2 N–H and O–H groups in total. The zero-order valence-corrected chi connectivity index (χ0v) is 12.2. The van der Waals surface area contributed by atoms with Gasteiger partial charge in [-0.2, -0.15) is 0 Å². The molecule has 2 heterocycles. The Kier molecular flexibility index (Phi) is 5.76. The van der Waals surface area contributed by atoms with Crippen molar-refractivity contribution in [2.24, 2.45) is 4.99 Å². The Morgan fingerprint density at radius 3 is 3.10 bits per heavy atom. The second kappa shape index (κ2) is 7.81. The predicted octanol–water partition coefficient (Wildman–Crippen LogP) is 0.0772. The highest BCUT2D eigenvalue weighted by molar-refractivity contribution is 5.79. The van der Waals surface area contributed by atoms with Crippen LogP contribution in [0.2, 0.25) is 0 Å². The number of nitrogens with one attached hydrogen (secondary N) is 2. The van der Waals surface area contributed by atoms with E-state index >= 15 is 0 Å². The minimum Gasteiger partial charge on any atom is -0.374 e. The van der Waals surface area contributed by atoms with Crippen LogP contribution in [0.25, 0.3) is 0 Å². The summed E-state index contributed by atoms with van der Waals surface area (Å²) < 4.78 is 5.71. The maximum atomic E-state index is 5.71. The van der Waals surface area contributed by atoms with Gasteiger partial charge in [0.1, 0.15) is 0 Å². The van der Waals surface area contributed by atoms with Crippen LogP contribution in [0.5, 0.6) is 0 Å². The molecule has 2 rings (SSSR count). The molecular weight excluding hydrogens is 254 g/mol. The van der Waals surface area contributed by atoms with Crippen molar-refractivity contribution in [2.75, 3.05) is 40.3 Å². The molecule has 1 atom stereocenters. The summed E-state index contributed by atoms with van der Waals surface area (Å²) in [5.41, 5.74) is 0.990. The molecule has 1 fully saturated rings. The molecule has 1 aliphatic rings. The minimum atomic E-state index is 0.210. The molecular formula is C14H23N5O. The van der Waals surface area contributed by atoms with E-state index in [-0.39, 0.29) is 6.10 Å². The summed E-state index contributed by atoms with van der Waals surface area (Å²) in [5, 5.41) is 6.53. The van der Waals surface area contributed by atoms with Gasteiger partial charge in [0.2, 0.25) is 0 Å². The lowest BCUT2D eigenvalue weighted by molar-refractivity contribution is -0.0161. The number of pyridine rings is 1. The van der Waals surface area contributed by atoms with Crippen molar-refractivity contribution < 1.29 is 4.74 Å². The number of nitrogens with zero attached hydrogens (tertiary/aromatic N) is 3. The van der Waals surface area contributed by atoms with Gasteiger partial charge in [0.25, 0.3) is 0 Å². The molecule has 0 aromatic carbocycles. The fourth-order valence-corrected chi connectivity index (χ4v) is 2.10. The van der Waals surface area contributed by atoms with Gasteiger partial charge >= 0.3 is 0 Å². The zero-order chi connectivity index (χ0) is 14.2. The first-order valence-corrected chi connectivity index (χ1v) is 6.92. The first-order chi connectivity index (χ1) is 9.78. The summed E-state index contributed by atoms with van der Waals surface area (Å²) in [6.07, 6.45) is 2.00. The van der Waals surface area contributed by atoms with Crippen LogP contribution in [-0.2, 0) is 11.3 Å². The molecule has 1 saturated heterocycles. The third-order valence-electron chi connectivity index (χ3n) is 3.23. The van der Waals surface area contributed by atoms with Crippen LogP contribution in [0.4, 0.5) is 0 Å². The number of guanidine groups is 1. The first-order valence-electron chi connectivity index (χ1n) is 6.92. The van der Waals surface area contributed by atoms with Gasteiger partial charge in [-0.1, -0.05) is 6.07 Å². The summed E-state index contributed by atoms with van der Waals surface area (Å²) in [5.74, 6) is 0.771. The Morgan fingerprint density at radius 2 is 2.40 bits per heavy atom. The summed E-state index contributed by atoms with van der Waals surface area (Å²) in [6, 6.07) is 5.87. The first kappa shape index (κ1) is 14.7. The lowest BCUT2D eigenvalue weighted by Gasteiger charge is -2.30. The largest absolute Gasteiger partial charge is 0.374 e. The average molecular weight is 277 g/mol. The van der Waals surface area contributed by atoms with Crippen LogP contribution in [0.1, 0.15) is 5.69 Å². The predicted molar refractivity (Wildman–Crippen MR) is 79.7 cm³/mol. The molecule has 1 aromatic rings. The van der Waals surface area contributed by atoms with Gasteiger partial charge < -0.3 is 20.3 Å². The molecule has 6 heteroatoms. The summed E-state index contributed by atoms with van der Waals surface area (Å²) >= 11 is 0. The molecule has 1 aromatic heterocycles. The fourth-order valence-electron chi connectivity index (χ4n) is 2.10. The standard InChI is InChI=1S/C14H23N5O/c1-15-14(17-9-12-5-3-4-6-16-12)18-10-13-11-19(2)7-8-20-13/h3-6,13H,7-11H2,1-2H3,(H2,15,17,18). The molecule has 0 bridgehead atoms. The Morgan fingerprint density at radius 1 is 1.50 bits per heavy atom. The fraction of sp³-hybridized carbons (Fsp3) is 0.571. The minimum absolute atomic E-state index is 0.210. The van der Waals surface area contributed by atoms with E-state index in [0.29, 0.717) is 6.54 Å². The number of rotatable bonds is 4. The maximum Gasteiger partial charge on any atom is 0.191 e. The normalized spacial score (nSPS) is 20.7. The Balaban J connectivity index is 1.72. The van der Waals surface area contributed by atoms with Crippen molar-refractivity contribution in [3.63, 3.8) is 0 Å². The van der Waals surface area contributed by atoms with Crippen molar-refractivity contribution in [1.82, 2.24) is 20.5 Å². The van der Waals surface area contributed by atoms with E-state index in [2.05, 4.69) is 32.6 Å². The number of aliphatic imine (C=N–C) groups is 1. The molecule has 0 aliphatic carbocycles. The van der Waals surface area contributed by atoms with E-state index in [1.54, 1.807) is 13.2 Å². The highest BCUT2D eigenvalue weighted by atomic mass is 16.5. The van der Waals surface area contributed by atoms with Gasteiger partial charge in [-0.25, -0.2) is 0 Å². The van der Waals surface area contributed by atoms with Crippen molar-refractivity contribution in [1.29, 1.82) is 0 Å². The summed E-state index contributed by atoms with van der Waals surface area (Å²) in [4.78, 5) is 10.7. The maximum absolute atomic E-state index is 5.71. The van der Waals surface area contributed by atoms with Crippen LogP contribution in [0.3, 0.4) is 0 Å². The Labute approximate surface area is 120 Å². The molecule has 0 spiro atoms. The average Bonchev–Trinajstić information content (AvgIpc) is 2.48. The van der Waals surface area contributed by atoms with Crippen LogP contribution in [0, 0.1) is 0 Å². The van der Waals surface area contributed by atoms with E-state index in [9.17, 15) is 0 Å². The molecule has 110 valence electrons. The number of aromatic nitrogens is 1. The number of likely N-dealkylation sites (N-methyl/N-ethyl adjacent to an activating group) is 1. The number of hydrogen-bond acceptors (Lipinski definition) is 4. The highest BCUT2D eigenvalue weighted by Gasteiger charge is 2.17. The van der Waals surface area contributed by atoms with Gasteiger partial charge in [0, 0.05) is 32.9 Å². The van der Waals surface area contributed by atoms with Gasteiger partial charge in [-0.3, -0.25) is 9.98 Å². The quantitative estimate of drug-likeness (QED) is 0.603. The molecule has 0 radical (unpaired) electrons. The van der Waals surface area contributed by atoms with Gasteiger partial charge in [0.05, 0.1) is 24.9 Å². The zero-order valence-electron chi connectivity index (χ0n) is 12.2. The van der Waals surface area contributed by atoms with Crippen molar-refractivity contribution >= 4 is 5.96 Å². The number of ether oxygens (including phenoxy) is 1. The lowest BCUT2D eigenvalue weighted by Crippen LogP contribution is -2.48. The number of hydrogen-bond donors (Lipinski definition) is 2. The molecule has 6 nitrogen and oxygen atoms in total. The molecule has 1 aliphatic heterocycles. The van der Waals surface area contributed by atoms with Crippen molar-refractivity contribution in [2.45, 2.75) is 12.6 Å². The smallest absolute Gasteiger partial charge is 0.191 e. The van der Waals surface area contributed by atoms with Crippen LogP contribution in [-0.4, -0.2) is 62.3 Å². The Hall–Kier alpha value is -1.66. The molecule has 0 saturated carbocycles. The van der Waals surface area contributed by atoms with Crippen molar-refractivity contribution in [3.05, 3.63) is 30.1 Å². The topological polar surface area (TPSA) is 61.8 Å². The van der Waals surface area contributed by atoms with Crippen LogP contribution >= 0.6 is 0 Å². The van der Waals surface area contributed by atoms with Gasteiger partial charge in [-0.05, 0) is 19.2 Å². The third kappa shape index (κ3) is 4.79. The van der Waals surface area contributed by atoms with Crippen molar-refractivity contribution in [3.8, 4) is 0 Å². The second-order valence-corrected chi connectivity index (χ2v) is 4.88. The summed E-state index contributed by atoms with van der Waals surface area (Å²) in [7, 11) is 3.88. The van der Waals surface area contributed by atoms with E-state index in [0.717, 1.165) is 37.9 Å². The van der Waals surface area contributed by atoms with E-state index < -0.39 is 0 Å². The van der Waals surface area contributed by atoms with E-state index in [1.165, 1.54) is 0 Å². The third-order valence-corrected chi connectivity index (χ3v) is 3.23. The molecule has 20 heavy (non-hydrogen) atoms. The van der Waals surface area contributed by atoms with Crippen LogP contribution in [0.15, 0.2) is 29.4 Å². The molecule has 1 unspecified atom stereocenters. The molecule has 0 amide bonds. The highest BCUT2D eigenvalue weighted by Crippen LogP contribution is 2.01. The Bertz CT molecular complexity index is 423. The number of morpholine rings is 1. The van der Waals surface area contributed by atoms with E-state index in [4.69, 9.17) is 4.74 Å². The second-order valence-electron chi connectivity index (χ2n) is 4.88. The van der Waals surface area contributed by atoms with Gasteiger partial charge in [-0.15, -0.1) is 0 Å². The monoisotopic (exact) mass is 277 g/mol. The summed E-state index contributed by atoms with van der Waals surface area (Å²) in [6.45, 7) is 4.16.